The van der Waals surface area contributed by atoms with Crippen molar-refractivity contribution in [3.05, 3.63) is 35.4 Å². The lowest BCUT2D eigenvalue weighted by molar-refractivity contribution is -0.144. The van der Waals surface area contributed by atoms with Crippen molar-refractivity contribution in [2.45, 2.75) is 38.8 Å². The van der Waals surface area contributed by atoms with Crippen molar-refractivity contribution in [3.8, 4) is 0 Å². The quantitative estimate of drug-likeness (QED) is 0.802. The molecule has 1 atom stereocenters. The average Bonchev–Trinajstić information content (AvgIpc) is 2.40. The second-order valence-corrected chi connectivity index (χ2v) is 4.97. The lowest BCUT2D eigenvalue weighted by Crippen LogP contribution is -2.52. The first-order chi connectivity index (χ1) is 9.42. The van der Waals surface area contributed by atoms with Gasteiger partial charge in [0.2, 0.25) is 0 Å². The van der Waals surface area contributed by atoms with Gasteiger partial charge in [0.05, 0.1) is 6.61 Å². The first-order valence-electron chi connectivity index (χ1n) is 6.56. The number of ether oxygens (including phenoxy) is 1. The van der Waals surface area contributed by atoms with E-state index in [0.29, 0.717) is 25.0 Å². The Morgan fingerprint density at radius 1 is 1.30 bits per heavy atom. The van der Waals surface area contributed by atoms with Crippen LogP contribution < -0.4 is 5.32 Å². The molecule has 0 fully saturated rings. The summed E-state index contributed by atoms with van der Waals surface area (Å²) in [6.07, 6.45) is 1.06. The molecule has 0 aliphatic carbocycles. The number of carbonyl (C=O) groups excluding carboxylic acids is 1. The van der Waals surface area contributed by atoms with Crippen LogP contribution in [0.1, 0.15) is 42.6 Å². The SMILES string of the molecule is CCC[C@](C)(NC(=O)c1ccc(COC)cc1)C(=O)O. The Bertz CT molecular complexity index is 469. The van der Waals surface area contributed by atoms with Gasteiger partial charge >= 0.3 is 5.97 Å². The Kier molecular flexibility index (Phi) is 5.70. The largest absolute Gasteiger partial charge is 0.480 e. The van der Waals surface area contributed by atoms with Crippen LogP contribution in [0.4, 0.5) is 0 Å². The standard InChI is InChI=1S/C15H21NO4/c1-4-9-15(2,14(18)19)16-13(17)12-7-5-11(6-8-12)10-20-3/h5-8H,4,9-10H2,1-3H3,(H,16,17)(H,18,19)/t15-/m0/s1. The van der Waals surface area contributed by atoms with Crippen LogP contribution in [0.15, 0.2) is 24.3 Å². The van der Waals surface area contributed by atoms with Gasteiger partial charge in [0.1, 0.15) is 5.54 Å². The number of rotatable bonds is 7. The monoisotopic (exact) mass is 279 g/mol. The summed E-state index contributed by atoms with van der Waals surface area (Å²) in [7, 11) is 1.60. The van der Waals surface area contributed by atoms with Crippen LogP contribution in [-0.4, -0.2) is 29.6 Å². The molecule has 0 unspecified atom stereocenters. The third-order valence-electron chi connectivity index (χ3n) is 3.14. The summed E-state index contributed by atoms with van der Waals surface area (Å²) in [4.78, 5) is 23.4. The van der Waals surface area contributed by atoms with E-state index in [1.807, 2.05) is 6.92 Å². The molecule has 0 heterocycles. The average molecular weight is 279 g/mol. The van der Waals surface area contributed by atoms with E-state index in [1.165, 1.54) is 6.92 Å². The Balaban J connectivity index is 2.81. The normalized spacial score (nSPS) is 13.6. The number of aliphatic carboxylic acids is 1. The summed E-state index contributed by atoms with van der Waals surface area (Å²) >= 11 is 0. The summed E-state index contributed by atoms with van der Waals surface area (Å²) < 4.78 is 4.99. The van der Waals surface area contributed by atoms with E-state index >= 15 is 0 Å². The van der Waals surface area contributed by atoms with Crippen LogP contribution >= 0.6 is 0 Å². The second-order valence-electron chi connectivity index (χ2n) is 4.97. The van der Waals surface area contributed by atoms with Crippen molar-refractivity contribution < 1.29 is 19.4 Å². The van der Waals surface area contributed by atoms with Crippen molar-refractivity contribution in [1.29, 1.82) is 0 Å². The zero-order valence-electron chi connectivity index (χ0n) is 12.1. The van der Waals surface area contributed by atoms with Gasteiger partial charge in [0, 0.05) is 12.7 Å². The maximum Gasteiger partial charge on any atom is 0.329 e. The predicted molar refractivity (Wildman–Crippen MR) is 75.6 cm³/mol. The maximum atomic E-state index is 12.1. The molecule has 0 spiro atoms. The highest BCUT2D eigenvalue weighted by Gasteiger charge is 2.33. The minimum Gasteiger partial charge on any atom is -0.480 e. The van der Waals surface area contributed by atoms with E-state index in [-0.39, 0.29) is 5.91 Å². The number of carbonyl (C=O) groups is 2. The van der Waals surface area contributed by atoms with Gasteiger partial charge in [-0.15, -0.1) is 0 Å². The lowest BCUT2D eigenvalue weighted by Gasteiger charge is -2.25. The van der Waals surface area contributed by atoms with Crippen molar-refractivity contribution in [2.24, 2.45) is 0 Å². The van der Waals surface area contributed by atoms with Gasteiger partial charge in [-0.1, -0.05) is 25.5 Å². The predicted octanol–water partition coefficient (Wildman–Crippen LogP) is 2.21. The summed E-state index contributed by atoms with van der Waals surface area (Å²) in [6.45, 7) is 3.88. The van der Waals surface area contributed by atoms with Crippen LogP contribution in [0.3, 0.4) is 0 Å². The number of hydrogen-bond donors (Lipinski definition) is 2. The summed E-state index contributed by atoms with van der Waals surface area (Å²) in [5.41, 5.74) is 0.156. The Morgan fingerprint density at radius 3 is 2.35 bits per heavy atom. The first kappa shape index (κ1) is 16.2. The van der Waals surface area contributed by atoms with Gasteiger partial charge in [-0.3, -0.25) is 4.79 Å². The van der Waals surface area contributed by atoms with Crippen LogP contribution in [0.5, 0.6) is 0 Å². The van der Waals surface area contributed by atoms with Gasteiger partial charge in [0.15, 0.2) is 0 Å². The van der Waals surface area contributed by atoms with Crippen LogP contribution in [0.2, 0.25) is 0 Å². The third kappa shape index (κ3) is 4.06. The van der Waals surface area contributed by atoms with Crippen LogP contribution in [-0.2, 0) is 16.1 Å². The van der Waals surface area contributed by atoms with Gasteiger partial charge in [-0.05, 0) is 31.0 Å². The van der Waals surface area contributed by atoms with Crippen molar-refractivity contribution in [2.75, 3.05) is 7.11 Å². The summed E-state index contributed by atoms with van der Waals surface area (Å²) in [5, 5.41) is 11.8. The fourth-order valence-corrected chi connectivity index (χ4v) is 1.96. The number of carboxylic acids is 1. The van der Waals surface area contributed by atoms with Gasteiger partial charge in [0.25, 0.3) is 5.91 Å². The second kappa shape index (κ2) is 7.05. The van der Waals surface area contributed by atoms with Crippen LogP contribution in [0, 0.1) is 0 Å². The topological polar surface area (TPSA) is 75.6 Å². The smallest absolute Gasteiger partial charge is 0.329 e. The van der Waals surface area contributed by atoms with E-state index < -0.39 is 11.5 Å². The minimum atomic E-state index is -1.24. The highest BCUT2D eigenvalue weighted by atomic mass is 16.5. The van der Waals surface area contributed by atoms with Gasteiger partial charge < -0.3 is 15.2 Å². The third-order valence-corrected chi connectivity index (χ3v) is 3.14. The lowest BCUT2D eigenvalue weighted by atomic mass is 9.95. The van der Waals surface area contributed by atoms with Crippen molar-refractivity contribution >= 4 is 11.9 Å². The molecule has 110 valence electrons. The Morgan fingerprint density at radius 2 is 1.90 bits per heavy atom. The molecule has 2 N–H and O–H groups in total. The zero-order chi connectivity index (χ0) is 15.2. The molecule has 5 heteroatoms. The molecule has 0 aromatic heterocycles. The number of carboxylic acid groups (broad SMARTS) is 1. The van der Waals surface area contributed by atoms with Crippen LogP contribution in [0.25, 0.3) is 0 Å². The molecule has 0 saturated heterocycles. The fourth-order valence-electron chi connectivity index (χ4n) is 1.96. The Labute approximate surface area is 118 Å². The molecular formula is C15H21NO4. The number of benzene rings is 1. The van der Waals surface area contributed by atoms with Crippen molar-refractivity contribution in [1.82, 2.24) is 5.32 Å². The van der Waals surface area contributed by atoms with E-state index in [1.54, 1.807) is 31.4 Å². The molecule has 0 radical (unpaired) electrons. The first-order valence-corrected chi connectivity index (χ1v) is 6.56. The number of amides is 1. The van der Waals surface area contributed by atoms with E-state index in [0.717, 1.165) is 5.56 Å². The van der Waals surface area contributed by atoms with Gasteiger partial charge in [-0.2, -0.15) is 0 Å². The minimum absolute atomic E-state index is 0.382. The molecule has 0 saturated carbocycles. The molecule has 0 aliphatic rings. The van der Waals surface area contributed by atoms with E-state index in [2.05, 4.69) is 5.32 Å². The number of hydrogen-bond acceptors (Lipinski definition) is 3. The highest BCUT2D eigenvalue weighted by Crippen LogP contribution is 2.14. The molecule has 1 amide bonds. The molecule has 0 bridgehead atoms. The highest BCUT2D eigenvalue weighted by molar-refractivity contribution is 5.97. The molecular weight excluding hydrogens is 258 g/mol. The number of nitrogens with one attached hydrogen (secondary N) is 1. The molecule has 1 aromatic carbocycles. The fraction of sp³-hybridized carbons (Fsp3) is 0.467. The summed E-state index contributed by atoms with van der Waals surface area (Å²) in [6, 6.07) is 6.91. The molecule has 0 aliphatic heterocycles. The van der Waals surface area contributed by atoms with Crippen molar-refractivity contribution in [3.63, 3.8) is 0 Å². The zero-order valence-corrected chi connectivity index (χ0v) is 12.1. The molecule has 1 rings (SSSR count). The number of methoxy groups -OCH3 is 1. The molecule has 20 heavy (non-hydrogen) atoms. The molecule has 1 aromatic rings. The Hall–Kier alpha value is -1.88. The molecule has 5 nitrogen and oxygen atoms in total. The summed E-state index contributed by atoms with van der Waals surface area (Å²) in [5.74, 6) is -1.41. The maximum absolute atomic E-state index is 12.1. The van der Waals surface area contributed by atoms with E-state index in [9.17, 15) is 14.7 Å². The van der Waals surface area contributed by atoms with E-state index in [4.69, 9.17) is 4.74 Å². The van der Waals surface area contributed by atoms with Gasteiger partial charge in [-0.25, -0.2) is 4.79 Å².